The molecule has 24 heavy (non-hydrogen) atoms. The Morgan fingerprint density at radius 2 is 2.21 bits per heavy atom. The molecule has 7 heteroatoms. The van der Waals surface area contributed by atoms with Crippen molar-refractivity contribution >= 4 is 12.1 Å². The number of hydrogen-bond donors (Lipinski definition) is 1. The van der Waals surface area contributed by atoms with E-state index in [0.29, 0.717) is 29.9 Å². The number of aromatic nitrogens is 1. The van der Waals surface area contributed by atoms with E-state index >= 15 is 0 Å². The lowest BCUT2D eigenvalue weighted by molar-refractivity contribution is 0.257. The molecule has 0 spiro atoms. The van der Waals surface area contributed by atoms with Crippen LogP contribution < -0.4 is 14.9 Å². The van der Waals surface area contributed by atoms with Crippen LogP contribution in [-0.2, 0) is 0 Å². The van der Waals surface area contributed by atoms with Crippen molar-refractivity contribution in [3.05, 3.63) is 35.3 Å². The fourth-order valence-corrected chi connectivity index (χ4v) is 1.88. The van der Waals surface area contributed by atoms with Crippen LogP contribution in [0.2, 0.25) is 0 Å². The van der Waals surface area contributed by atoms with Crippen LogP contribution in [0.4, 0.5) is 5.88 Å². The number of hydrazone groups is 1. The number of methoxy groups -OCH3 is 1. The Kier molecular flexibility index (Phi) is 5.79. The van der Waals surface area contributed by atoms with Gasteiger partial charge in [0.2, 0.25) is 5.69 Å². The number of ether oxygens (including phenoxy) is 2. The second-order valence-corrected chi connectivity index (χ2v) is 5.51. The molecule has 0 bridgehead atoms. The number of nitriles is 1. The topological polar surface area (TPSA) is 92.7 Å². The zero-order valence-electron chi connectivity index (χ0n) is 14.2. The first-order chi connectivity index (χ1) is 11.5. The average molecular weight is 328 g/mol. The molecule has 7 nitrogen and oxygen atoms in total. The Morgan fingerprint density at radius 3 is 2.88 bits per heavy atom. The summed E-state index contributed by atoms with van der Waals surface area (Å²) in [6, 6.07) is 7.45. The minimum absolute atomic E-state index is 0.166. The van der Waals surface area contributed by atoms with Gasteiger partial charge in [0.1, 0.15) is 6.07 Å². The monoisotopic (exact) mass is 328 g/mol. The molecule has 2 rings (SSSR count). The van der Waals surface area contributed by atoms with E-state index in [9.17, 15) is 0 Å². The van der Waals surface area contributed by atoms with Crippen molar-refractivity contribution in [2.75, 3.05) is 19.1 Å². The predicted molar refractivity (Wildman–Crippen MR) is 90.5 cm³/mol. The highest BCUT2D eigenvalue weighted by Crippen LogP contribution is 2.28. The van der Waals surface area contributed by atoms with Crippen molar-refractivity contribution in [1.82, 2.24) is 4.98 Å². The lowest BCUT2D eigenvalue weighted by Gasteiger charge is -2.12. The van der Waals surface area contributed by atoms with Gasteiger partial charge in [-0.3, -0.25) is 0 Å². The molecule has 0 saturated carbocycles. The largest absolute Gasteiger partial charge is 0.493 e. The smallest absolute Gasteiger partial charge is 0.252 e. The number of oxazole rings is 1. The van der Waals surface area contributed by atoms with Gasteiger partial charge in [0.15, 0.2) is 17.4 Å². The van der Waals surface area contributed by atoms with Crippen molar-refractivity contribution in [3.63, 3.8) is 0 Å². The van der Waals surface area contributed by atoms with Crippen LogP contribution in [0.25, 0.3) is 0 Å². The van der Waals surface area contributed by atoms with Gasteiger partial charge in [-0.25, -0.2) is 10.4 Å². The van der Waals surface area contributed by atoms with Crippen LogP contribution in [0.3, 0.4) is 0 Å². The lowest BCUT2D eigenvalue weighted by atomic mass is 10.2. The maximum Gasteiger partial charge on any atom is 0.252 e. The molecule has 0 aliphatic carbocycles. The zero-order valence-corrected chi connectivity index (χ0v) is 14.2. The third-order valence-corrected chi connectivity index (χ3v) is 2.98. The summed E-state index contributed by atoms with van der Waals surface area (Å²) in [6.45, 7) is 6.45. The maximum absolute atomic E-state index is 8.94. The predicted octanol–water partition coefficient (Wildman–Crippen LogP) is 3.34. The van der Waals surface area contributed by atoms with Crippen molar-refractivity contribution in [3.8, 4) is 17.6 Å². The van der Waals surface area contributed by atoms with E-state index in [0.717, 1.165) is 5.56 Å². The van der Waals surface area contributed by atoms with Gasteiger partial charge in [-0.2, -0.15) is 10.4 Å². The van der Waals surface area contributed by atoms with E-state index in [2.05, 4.69) is 29.4 Å². The van der Waals surface area contributed by atoms with Crippen molar-refractivity contribution in [2.45, 2.75) is 20.8 Å². The van der Waals surface area contributed by atoms with Gasteiger partial charge in [-0.15, -0.1) is 0 Å². The van der Waals surface area contributed by atoms with Crippen LogP contribution in [-0.4, -0.2) is 24.9 Å². The van der Waals surface area contributed by atoms with Gasteiger partial charge in [-0.05, 0) is 29.7 Å². The minimum Gasteiger partial charge on any atom is -0.493 e. The van der Waals surface area contributed by atoms with Gasteiger partial charge in [0, 0.05) is 6.92 Å². The van der Waals surface area contributed by atoms with Crippen LogP contribution in [0, 0.1) is 24.2 Å². The van der Waals surface area contributed by atoms with E-state index in [1.807, 2.05) is 24.3 Å². The lowest BCUT2D eigenvalue weighted by Crippen LogP contribution is -2.05. The molecule has 0 radical (unpaired) electrons. The maximum atomic E-state index is 8.94. The summed E-state index contributed by atoms with van der Waals surface area (Å²) in [5.41, 5.74) is 3.65. The highest BCUT2D eigenvalue weighted by atomic mass is 16.5. The molecule has 1 aromatic heterocycles. The highest BCUT2D eigenvalue weighted by molar-refractivity contribution is 5.81. The number of anilines is 1. The second-order valence-electron chi connectivity index (χ2n) is 5.51. The summed E-state index contributed by atoms with van der Waals surface area (Å²) in [5, 5.41) is 13.0. The van der Waals surface area contributed by atoms with Gasteiger partial charge in [-0.1, -0.05) is 13.8 Å². The van der Waals surface area contributed by atoms with Crippen LogP contribution in [0.5, 0.6) is 11.5 Å². The molecule has 0 aliphatic rings. The molecule has 0 amide bonds. The molecular formula is C17H20N4O3. The van der Waals surface area contributed by atoms with Crippen LogP contribution in [0.15, 0.2) is 27.7 Å². The van der Waals surface area contributed by atoms with Crippen LogP contribution >= 0.6 is 0 Å². The van der Waals surface area contributed by atoms with Gasteiger partial charge < -0.3 is 13.9 Å². The molecule has 2 aromatic rings. The Balaban J connectivity index is 2.08. The van der Waals surface area contributed by atoms with Gasteiger partial charge >= 0.3 is 0 Å². The van der Waals surface area contributed by atoms with Crippen LogP contribution in [0.1, 0.15) is 31.0 Å². The first-order valence-electron chi connectivity index (χ1n) is 7.51. The zero-order chi connectivity index (χ0) is 17.5. The number of hydrogen-bond acceptors (Lipinski definition) is 7. The van der Waals surface area contributed by atoms with Gasteiger partial charge in [0.05, 0.1) is 19.9 Å². The molecule has 1 N–H and O–H groups in total. The third kappa shape index (κ3) is 4.49. The summed E-state index contributed by atoms with van der Waals surface area (Å²) in [7, 11) is 1.59. The Labute approximate surface area is 140 Å². The molecule has 0 atom stereocenters. The quantitative estimate of drug-likeness (QED) is 0.619. The Hall–Kier alpha value is -3.01. The Bertz CT molecular complexity index is 760. The van der Waals surface area contributed by atoms with Crippen molar-refractivity contribution in [2.24, 2.45) is 11.0 Å². The normalized spacial score (nSPS) is 10.8. The minimum atomic E-state index is 0.166. The number of rotatable bonds is 7. The first-order valence-corrected chi connectivity index (χ1v) is 7.51. The first kappa shape index (κ1) is 17.3. The number of nitrogens with one attached hydrogen (secondary N) is 1. The van der Waals surface area contributed by atoms with E-state index in [1.54, 1.807) is 20.2 Å². The van der Waals surface area contributed by atoms with E-state index in [4.69, 9.17) is 19.2 Å². The number of benzene rings is 1. The summed E-state index contributed by atoms with van der Waals surface area (Å²) >= 11 is 0. The Morgan fingerprint density at radius 1 is 1.42 bits per heavy atom. The summed E-state index contributed by atoms with van der Waals surface area (Å²) < 4.78 is 16.3. The molecule has 0 saturated heterocycles. The third-order valence-electron chi connectivity index (χ3n) is 2.98. The van der Waals surface area contributed by atoms with Gasteiger partial charge in [0.25, 0.3) is 5.88 Å². The van der Waals surface area contributed by atoms with E-state index in [1.165, 1.54) is 0 Å². The molecule has 0 unspecified atom stereocenters. The van der Waals surface area contributed by atoms with Crippen molar-refractivity contribution < 1.29 is 13.9 Å². The standard InChI is InChI=1S/C17H20N4O3/c1-11(2)10-23-15-6-5-13(7-16(15)22-4)9-19-21-17-14(8-18)20-12(3)24-17/h5-7,9,11,21H,10H2,1-4H3. The van der Waals surface area contributed by atoms with E-state index < -0.39 is 0 Å². The summed E-state index contributed by atoms with van der Waals surface area (Å²) in [4.78, 5) is 3.93. The molecule has 0 aliphatic heterocycles. The van der Waals surface area contributed by atoms with E-state index in [-0.39, 0.29) is 11.6 Å². The molecule has 0 fully saturated rings. The second kappa shape index (κ2) is 8.02. The molecule has 126 valence electrons. The number of aryl methyl sites for hydroxylation is 1. The fraction of sp³-hybridized carbons (Fsp3) is 0.353. The number of nitrogens with zero attached hydrogens (tertiary/aromatic N) is 3. The fourth-order valence-electron chi connectivity index (χ4n) is 1.88. The van der Waals surface area contributed by atoms with Crippen molar-refractivity contribution in [1.29, 1.82) is 5.26 Å². The average Bonchev–Trinajstić information content (AvgIpc) is 2.93. The highest BCUT2D eigenvalue weighted by Gasteiger charge is 2.09. The molecule has 1 heterocycles. The molecule has 1 aromatic carbocycles. The summed E-state index contributed by atoms with van der Waals surface area (Å²) in [5.74, 6) is 2.37. The summed E-state index contributed by atoms with van der Waals surface area (Å²) in [6.07, 6.45) is 1.59. The SMILES string of the molecule is COc1cc(C=NNc2oc(C)nc2C#N)ccc1OCC(C)C. The molecular weight excluding hydrogens is 308 g/mol.